The molecular weight excluding hydrogens is 681 g/mol. The molecule has 0 bridgehead atoms. The fourth-order valence-corrected chi connectivity index (χ4v) is 7.63. The van der Waals surface area contributed by atoms with Crippen LogP contribution in [0.3, 0.4) is 0 Å². The summed E-state index contributed by atoms with van der Waals surface area (Å²) in [5, 5.41) is 3.78. The summed E-state index contributed by atoms with van der Waals surface area (Å²) in [6.07, 6.45) is 1.21. The zero-order valence-corrected chi connectivity index (χ0v) is 28.6. The first kappa shape index (κ1) is 31.5. The number of para-hydroxylation sites is 2. The van der Waals surface area contributed by atoms with Gasteiger partial charge < -0.3 is 9.47 Å². The van der Waals surface area contributed by atoms with Crippen molar-refractivity contribution in [2.45, 2.75) is 25.7 Å². The fourth-order valence-electron chi connectivity index (χ4n) is 7.63. The van der Waals surface area contributed by atoms with Gasteiger partial charge in [0.05, 0.1) is 22.1 Å². The van der Waals surface area contributed by atoms with Crippen molar-refractivity contribution >= 4 is 77.6 Å². The molecule has 54 heavy (non-hydrogen) atoms. The third-order valence-electron chi connectivity index (χ3n) is 10.1. The van der Waals surface area contributed by atoms with E-state index in [1.165, 1.54) is 0 Å². The lowest BCUT2D eigenvalue weighted by Gasteiger charge is -2.12. The summed E-state index contributed by atoms with van der Waals surface area (Å²) >= 11 is 0. The molecule has 0 radical (unpaired) electrons. The van der Waals surface area contributed by atoms with Gasteiger partial charge in [0.2, 0.25) is 0 Å². The minimum Gasteiger partial charge on any atom is -0.427 e. The second kappa shape index (κ2) is 12.2. The zero-order valence-electron chi connectivity index (χ0n) is 28.6. The second-order valence-electron chi connectivity index (χ2n) is 13.4. The SMILES string of the molecule is O=C(CCc1ccc2nc3c4ccc5c(=O)n6c7cc(CCC(=O)Oc8ccccc8)ccc7nc6c6ccc(c(=O)n3c2c1)c4c56)Oc1ccccc1. The average Bonchev–Trinajstić information content (AvgIpc) is 3.77. The molecule has 10 rings (SSSR count). The molecule has 10 heteroatoms. The molecule has 0 amide bonds. The molecule has 0 unspecified atom stereocenters. The highest BCUT2D eigenvalue weighted by atomic mass is 16.5. The minimum absolute atomic E-state index is 0.173. The number of ether oxygens (including phenoxy) is 2. The number of benzene rings is 6. The van der Waals surface area contributed by atoms with E-state index in [2.05, 4.69) is 0 Å². The smallest absolute Gasteiger partial charge is 0.311 e. The van der Waals surface area contributed by atoms with Crippen LogP contribution in [0.4, 0.5) is 0 Å². The molecule has 0 saturated heterocycles. The topological polar surface area (TPSA) is 121 Å². The molecule has 0 spiro atoms. The summed E-state index contributed by atoms with van der Waals surface area (Å²) in [6.45, 7) is 0. The summed E-state index contributed by atoms with van der Waals surface area (Å²) in [5.74, 6) is 0.309. The predicted molar refractivity (Wildman–Crippen MR) is 207 cm³/mol. The van der Waals surface area contributed by atoms with Crippen molar-refractivity contribution in [1.29, 1.82) is 0 Å². The number of carbonyl (C=O) groups is 2. The van der Waals surface area contributed by atoms with Crippen molar-refractivity contribution in [2.24, 2.45) is 0 Å². The largest absolute Gasteiger partial charge is 0.427 e. The Hall–Kier alpha value is -7.20. The van der Waals surface area contributed by atoms with E-state index >= 15 is 0 Å². The molecular formula is C44H28N4O6. The van der Waals surface area contributed by atoms with Crippen molar-refractivity contribution in [2.75, 3.05) is 0 Å². The van der Waals surface area contributed by atoms with E-state index in [0.717, 1.165) is 21.9 Å². The number of carbonyl (C=O) groups excluding carboxylic acids is 2. The van der Waals surface area contributed by atoms with Crippen LogP contribution in [0.2, 0.25) is 0 Å². The number of imidazole rings is 2. The maximum Gasteiger partial charge on any atom is 0.311 e. The molecule has 0 atom stereocenters. The Balaban J connectivity index is 1.04. The molecule has 0 aliphatic heterocycles. The molecule has 6 aromatic carbocycles. The van der Waals surface area contributed by atoms with Crippen molar-refractivity contribution in [3.05, 3.63) is 153 Å². The molecule has 0 fully saturated rings. The molecule has 0 saturated carbocycles. The summed E-state index contributed by atoms with van der Waals surface area (Å²) < 4.78 is 14.1. The molecule has 10 nitrogen and oxygen atoms in total. The summed E-state index contributed by atoms with van der Waals surface area (Å²) in [7, 11) is 0. The van der Waals surface area contributed by atoms with Crippen molar-refractivity contribution in [3.63, 3.8) is 0 Å². The van der Waals surface area contributed by atoms with Crippen molar-refractivity contribution < 1.29 is 19.1 Å². The Morgan fingerprint density at radius 3 is 1.33 bits per heavy atom. The maximum atomic E-state index is 14.3. The minimum atomic E-state index is -0.342. The third kappa shape index (κ3) is 5.02. The fraction of sp³-hybridized carbons (Fsp3) is 0.0909. The number of aryl methyl sites for hydroxylation is 2. The second-order valence-corrected chi connectivity index (χ2v) is 13.4. The van der Waals surface area contributed by atoms with Gasteiger partial charge in [-0.05, 0) is 96.8 Å². The molecule has 0 aliphatic carbocycles. The Morgan fingerprint density at radius 1 is 0.500 bits per heavy atom. The normalized spacial score (nSPS) is 11.9. The number of aromatic nitrogens is 4. The highest BCUT2D eigenvalue weighted by Crippen LogP contribution is 2.37. The van der Waals surface area contributed by atoms with Crippen LogP contribution in [0, 0.1) is 0 Å². The van der Waals surface area contributed by atoms with E-state index in [9.17, 15) is 19.2 Å². The van der Waals surface area contributed by atoms with E-state index in [-0.39, 0.29) is 35.9 Å². The highest BCUT2D eigenvalue weighted by molar-refractivity contribution is 6.27. The maximum absolute atomic E-state index is 14.3. The Kier molecular flexibility index (Phi) is 7.12. The van der Waals surface area contributed by atoms with Gasteiger partial charge in [-0.1, -0.05) is 48.5 Å². The van der Waals surface area contributed by atoms with Gasteiger partial charge >= 0.3 is 11.9 Å². The summed E-state index contributed by atoms with van der Waals surface area (Å²) in [6, 6.07) is 36.6. The first-order valence-corrected chi connectivity index (χ1v) is 17.7. The van der Waals surface area contributed by atoms with Crippen LogP contribution in [0.15, 0.2) is 131 Å². The third-order valence-corrected chi connectivity index (χ3v) is 10.1. The molecule has 0 aliphatic rings. The van der Waals surface area contributed by atoms with E-state index in [1.807, 2.05) is 84.9 Å². The first-order chi connectivity index (χ1) is 26.4. The molecule has 10 aromatic rings. The Labute approximate surface area is 305 Å². The number of rotatable bonds is 8. The van der Waals surface area contributed by atoms with Gasteiger partial charge in [-0.15, -0.1) is 0 Å². The quantitative estimate of drug-likeness (QED) is 0.0909. The Morgan fingerprint density at radius 2 is 0.907 bits per heavy atom. The molecule has 4 heterocycles. The number of hydrogen-bond acceptors (Lipinski definition) is 8. The molecule has 4 aromatic heterocycles. The number of pyridine rings is 2. The highest BCUT2D eigenvalue weighted by Gasteiger charge is 2.23. The van der Waals surface area contributed by atoms with Crippen LogP contribution in [-0.4, -0.2) is 30.7 Å². The summed E-state index contributed by atoms with van der Waals surface area (Å²) in [5.41, 5.74) is 4.83. The molecule has 0 N–H and O–H groups in total. The standard InChI is InChI=1S/C44H28N4O6/c49-37(53-27-7-3-1-4-8-27)21-13-25-11-19-33-35(23-25)47-41(45-33)29-15-18-32-40-30(16-17-31(39(29)40)43(47)51)42-46-34-20-12-26(24-36(34)48(42)44(32)52)14-22-38(50)54-28-9-5-2-6-10-28/h1-12,15-20,23-24H,13-14,21-22H2. The van der Waals surface area contributed by atoms with E-state index in [4.69, 9.17) is 19.4 Å². The van der Waals surface area contributed by atoms with E-state index in [0.29, 0.717) is 79.2 Å². The first-order valence-electron chi connectivity index (χ1n) is 17.7. The van der Waals surface area contributed by atoms with Gasteiger partial charge in [0, 0.05) is 45.2 Å². The predicted octanol–water partition coefficient (Wildman–Crippen LogP) is 7.42. The summed E-state index contributed by atoms with van der Waals surface area (Å²) in [4.78, 5) is 63.5. The van der Waals surface area contributed by atoms with Crippen LogP contribution in [0.5, 0.6) is 11.5 Å². The lowest BCUT2D eigenvalue weighted by atomic mass is 9.96. The zero-order chi connectivity index (χ0) is 36.5. The van der Waals surface area contributed by atoms with Crippen LogP contribution < -0.4 is 20.6 Å². The van der Waals surface area contributed by atoms with Gasteiger partial charge in [0.1, 0.15) is 22.8 Å². The number of fused-ring (bicyclic) bond motifs is 8. The van der Waals surface area contributed by atoms with Crippen LogP contribution in [0.1, 0.15) is 24.0 Å². The van der Waals surface area contributed by atoms with Gasteiger partial charge in [0.25, 0.3) is 11.1 Å². The number of nitrogens with zero attached hydrogens (tertiary/aromatic N) is 4. The van der Waals surface area contributed by atoms with Crippen molar-refractivity contribution in [3.8, 4) is 11.5 Å². The van der Waals surface area contributed by atoms with E-state index < -0.39 is 0 Å². The van der Waals surface area contributed by atoms with Crippen molar-refractivity contribution in [1.82, 2.24) is 18.8 Å². The monoisotopic (exact) mass is 708 g/mol. The van der Waals surface area contributed by atoms with Crippen LogP contribution in [-0.2, 0) is 22.4 Å². The van der Waals surface area contributed by atoms with Crippen LogP contribution in [0.25, 0.3) is 65.7 Å². The van der Waals surface area contributed by atoms with Crippen LogP contribution >= 0.6 is 0 Å². The van der Waals surface area contributed by atoms with Gasteiger partial charge in [0.15, 0.2) is 0 Å². The van der Waals surface area contributed by atoms with Gasteiger partial charge in [-0.2, -0.15) is 0 Å². The van der Waals surface area contributed by atoms with Gasteiger partial charge in [-0.25, -0.2) is 9.97 Å². The number of esters is 2. The van der Waals surface area contributed by atoms with Gasteiger partial charge in [-0.3, -0.25) is 28.0 Å². The molecule has 260 valence electrons. The average molecular weight is 709 g/mol. The lowest BCUT2D eigenvalue weighted by Crippen LogP contribution is -2.16. The Bertz CT molecular complexity index is 3030. The van der Waals surface area contributed by atoms with E-state index in [1.54, 1.807) is 45.2 Å². The number of hydrogen-bond donors (Lipinski definition) is 0. The lowest BCUT2D eigenvalue weighted by molar-refractivity contribution is -0.135.